The Bertz CT molecular complexity index is 377. The van der Waals surface area contributed by atoms with Crippen molar-refractivity contribution in [2.24, 2.45) is 0 Å². The average molecular weight is 249 g/mol. The van der Waals surface area contributed by atoms with Crippen molar-refractivity contribution in [1.29, 1.82) is 0 Å². The van der Waals surface area contributed by atoms with Gasteiger partial charge in [0, 0.05) is 12.5 Å². The predicted molar refractivity (Wildman–Crippen MR) is 76.8 cm³/mol. The normalized spacial score (nSPS) is 15.2. The van der Waals surface area contributed by atoms with Crippen LogP contribution in [0.1, 0.15) is 76.2 Å². The van der Waals surface area contributed by atoms with Crippen LogP contribution in [0.4, 0.5) is 5.82 Å². The van der Waals surface area contributed by atoms with Gasteiger partial charge >= 0.3 is 0 Å². The predicted octanol–water partition coefficient (Wildman–Crippen LogP) is 3.88. The summed E-state index contributed by atoms with van der Waals surface area (Å²) in [5.74, 6) is 2.90. The highest BCUT2D eigenvalue weighted by atomic mass is 15.1. The van der Waals surface area contributed by atoms with E-state index in [-0.39, 0.29) is 0 Å². The number of nitrogens with two attached hydrogens (primary N) is 1. The first-order valence-electron chi connectivity index (χ1n) is 7.62. The minimum absolute atomic E-state index is 0.697. The van der Waals surface area contributed by atoms with Crippen LogP contribution in [0.5, 0.6) is 0 Å². The molecule has 0 aromatic carbocycles. The Kier molecular flexibility index (Phi) is 4.67. The summed E-state index contributed by atoms with van der Waals surface area (Å²) in [7, 11) is 0. The minimum atomic E-state index is 0.697. The third kappa shape index (κ3) is 3.06. The Hall–Kier alpha value is -0.990. The molecule has 1 aromatic heterocycles. The fraction of sp³-hybridized carbons (Fsp3) is 0.800. The maximum Gasteiger partial charge on any atom is 0.126 e. The summed E-state index contributed by atoms with van der Waals surface area (Å²) < 4.78 is 2.27. The Labute approximate surface area is 111 Å². The number of aryl methyl sites for hydroxylation is 1. The number of aromatic nitrogens is 2. The zero-order chi connectivity index (χ0) is 13.0. The molecule has 0 unspecified atom stereocenters. The Morgan fingerprint density at radius 1 is 1.17 bits per heavy atom. The summed E-state index contributed by atoms with van der Waals surface area (Å²) in [4.78, 5) is 4.83. The van der Waals surface area contributed by atoms with Gasteiger partial charge in [-0.25, -0.2) is 4.98 Å². The molecular formula is C15H27N3. The van der Waals surface area contributed by atoms with E-state index in [1.54, 1.807) is 0 Å². The number of hydrogen-bond acceptors (Lipinski definition) is 2. The topological polar surface area (TPSA) is 43.8 Å². The van der Waals surface area contributed by atoms with Crippen molar-refractivity contribution < 1.29 is 0 Å². The van der Waals surface area contributed by atoms with E-state index < -0.39 is 0 Å². The van der Waals surface area contributed by atoms with E-state index in [4.69, 9.17) is 10.7 Å². The smallest absolute Gasteiger partial charge is 0.126 e. The molecule has 0 spiro atoms. The SMILES string of the molecule is CCCCCCc1nc(C2CC2)n(CCC)c1N. The molecule has 0 aliphatic heterocycles. The Morgan fingerprint density at radius 3 is 2.56 bits per heavy atom. The van der Waals surface area contributed by atoms with E-state index in [0.29, 0.717) is 5.92 Å². The fourth-order valence-electron chi connectivity index (χ4n) is 2.55. The van der Waals surface area contributed by atoms with Crippen LogP contribution in [0, 0.1) is 0 Å². The van der Waals surface area contributed by atoms with Crippen LogP contribution in [0.15, 0.2) is 0 Å². The number of hydrogen-bond donors (Lipinski definition) is 1. The Balaban J connectivity index is 2.03. The highest BCUT2D eigenvalue weighted by molar-refractivity contribution is 5.40. The van der Waals surface area contributed by atoms with Crippen LogP contribution in [0.2, 0.25) is 0 Å². The molecule has 0 amide bonds. The van der Waals surface area contributed by atoms with Crippen LogP contribution in [0.3, 0.4) is 0 Å². The molecule has 18 heavy (non-hydrogen) atoms. The summed E-state index contributed by atoms with van der Waals surface area (Å²) in [6.45, 7) is 5.48. The maximum absolute atomic E-state index is 6.27. The van der Waals surface area contributed by atoms with E-state index in [9.17, 15) is 0 Å². The summed E-state index contributed by atoms with van der Waals surface area (Å²) in [6.07, 6.45) is 9.93. The zero-order valence-corrected chi connectivity index (χ0v) is 11.9. The Morgan fingerprint density at radius 2 is 1.94 bits per heavy atom. The lowest BCUT2D eigenvalue weighted by Gasteiger charge is -2.07. The lowest BCUT2D eigenvalue weighted by molar-refractivity contribution is 0.646. The quantitative estimate of drug-likeness (QED) is 0.711. The van der Waals surface area contributed by atoms with Gasteiger partial charge in [-0.2, -0.15) is 0 Å². The molecule has 1 aliphatic carbocycles. The zero-order valence-electron chi connectivity index (χ0n) is 11.9. The third-order valence-corrected chi connectivity index (χ3v) is 3.77. The summed E-state index contributed by atoms with van der Waals surface area (Å²) in [5, 5.41) is 0. The third-order valence-electron chi connectivity index (χ3n) is 3.77. The van der Waals surface area contributed by atoms with Crippen LogP contribution in [-0.4, -0.2) is 9.55 Å². The number of rotatable bonds is 8. The van der Waals surface area contributed by atoms with Gasteiger partial charge < -0.3 is 10.3 Å². The highest BCUT2D eigenvalue weighted by Crippen LogP contribution is 2.40. The van der Waals surface area contributed by atoms with Crippen molar-refractivity contribution >= 4 is 5.82 Å². The number of unbranched alkanes of at least 4 members (excludes halogenated alkanes) is 3. The van der Waals surface area contributed by atoms with Crippen molar-refractivity contribution in [3.05, 3.63) is 11.5 Å². The molecule has 0 atom stereocenters. The lowest BCUT2D eigenvalue weighted by atomic mass is 10.1. The molecule has 0 bridgehead atoms. The highest BCUT2D eigenvalue weighted by Gasteiger charge is 2.30. The molecule has 0 radical (unpaired) electrons. The van der Waals surface area contributed by atoms with Crippen molar-refractivity contribution in [2.75, 3.05) is 5.73 Å². The summed E-state index contributed by atoms with van der Waals surface area (Å²) in [6, 6.07) is 0. The van der Waals surface area contributed by atoms with Crippen molar-refractivity contribution in [2.45, 2.75) is 77.7 Å². The van der Waals surface area contributed by atoms with Crippen LogP contribution < -0.4 is 5.73 Å². The number of nitrogens with zero attached hydrogens (tertiary/aromatic N) is 2. The number of anilines is 1. The van der Waals surface area contributed by atoms with Crippen LogP contribution in [0.25, 0.3) is 0 Å². The molecule has 102 valence electrons. The minimum Gasteiger partial charge on any atom is -0.384 e. The van der Waals surface area contributed by atoms with Gasteiger partial charge in [0.15, 0.2) is 0 Å². The first-order chi connectivity index (χ1) is 8.77. The molecule has 2 N–H and O–H groups in total. The molecule has 2 rings (SSSR count). The molecule has 1 saturated carbocycles. The number of imidazole rings is 1. The van der Waals surface area contributed by atoms with Crippen molar-refractivity contribution in [1.82, 2.24) is 9.55 Å². The molecule has 3 heteroatoms. The van der Waals surface area contributed by atoms with Crippen LogP contribution in [-0.2, 0) is 13.0 Å². The van der Waals surface area contributed by atoms with Gasteiger partial charge in [0.05, 0.1) is 5.69 Å². The molecule has 1 aliphatic rings. The summed E-state index contributed by atoms with van der Waals surface area (Å²) >= 11 is 0. The molecular weight excluding hydrogens is 222 g/mol. The standard InChI is InChI=1S/C15H27N3/c1-3-5-6-7-8-13-14(16)18(11-4-2)15(17-13)12-9-10-12/h12H,3-11,16H2,1-2H3. The van der Waals surface area contributed by atoms with Crippen molar-refractivity contribution in [3.8, 4) is 0 Å². The molecule has 1 aromatic rings. The second-order valence-corrected chi connectivity index (χ2v) is 5.54. The lowest BCUT2D eigenvalue weighted by Crippen LogP contribution is -2.06. The first-order valence-corrected chi connectivity index (χ1v) is 7.62. The maximum atomic E-state index is 6.27. The van der Waals surface area contributed by atoms with Crippen LogP contribution >= 0.6 is 0 Å². The van der Waals surface area contributed by atoms with Gasteiger partial charge in [0.2, 0.25) is 0 Å². The molecule has 1 heterocycles. The van der Waals surface area contributed by atoms with E-state index in [1.165, 1.54) is 44.3 Å². The summed E-state index contributed by atoms with van der Waals surface area (Å²) in [5.41, 5.74) is 7.43. The second-order valence-electron chi connectivity index (χ2n) is 5.54. The first kappa shape index (κ1) is 13.4. The monoisotopic (exact) mass is 249 g/mol. The van der Waals surface area contributed by atoms with Gasteiger partial charge in [-0.05, 0) is 32.1 Å². The largest absolute Gasteiger partial charge is 0.384 e. The van der Waals surface area contributed by atoms with Gasteiger partial charge in [0.1, 0.15) is 11.6 Å². The average Bonchev–Trinajstić information content (AvgIpc) is 3.15. The molecule has 1 fully saturated rings. The molecule has 0 saturated heterocycles. The molecule has 3 nitrogen and oxygen atoms in total. The van der Waals surface area contributed by atoms with Gasteiger partial charge in [-0.1, -0.05) is 33.1 Å². The van der Waals surface area contributed by atoms with Crippen molar-refractivity contribution in [3.63, 3.8) is 0 Å². The van der Waals surface area contributed by atoms with Gasteiger partial charge in [-0.3, -0.25) is 0 Å². The second kappa shape index (κ2) is 6.26. The van der Waals surface area contributed by atoms with E-state index >= 15 is 0 Å². The number of nitrogen functional groups attached to an aromatic ring is 1. The van der Waals surface area contributed by atoms with E-state index in [1.807, 2.05) is 0 Å². The van der Waals surface area contributed by atoms with E-state index in [0.717, 1.165) is 30.9 Å². The van der Waals surface area contributed by atoms with Gasteiger partial charge in [-0.15, -0.1) is 0 Å². The fourth-order valence-corrected chi connectivity index (χ4v) is 2.55. The van der Waals surface area contributed by atoms with E-state index in [2.05, 4.69) is 18.4 Å². The van der Waals surface area contributed by atoms with Gasteiger partial charge in [0.25, 0.3) is 0 Å².